The van der Waals surface area contributed by atoms with Crippen LogP contribution >= 0.6 is 15.9 Å². The minimum atomic E-state index is 0.763. The molecule has 3 atom stereocenters. The number of halogens is 1. The van der Waals surface area contributed by atoms with Gasteiger partial charge >= 0.3 is 0 Å². The molecule has 0 heterocycles. The molecule has 0 aromatic rings. The Labute approximate surface area is 59.1 Å². The molecule has 1 fully saturated rings. The fraction of sp³-hybridized carbons (Fsp3) is 0.714. The van der Waals surface area contributed by atoms with Crippen LogP contribution in [0.3, 0.4) is 0 Å². The molecule has 0 N–H and O–H groups in total. The standard InChI is InChI=1S/C7H11Br/c1-3-4-6-5(2)7(6)8/h3-7H,1-2H3/b4-3-. The topological polar surface area (TPSA) is 0 Å². The van der Waals surface area contributed by atoms with Crippen molar-refractivity contribution >= 4 is 15.9 Å². The van der Waals surface area contributed by atoms with Gasteiger partial charge in [0, 0.05) is 4.83 Å². The lowest BCUT2D eigenvalue weighted by Crippen LogP contribution is -1.66. The Bertz CT molecular complexity index is 99.0. The molecule has 0 amide bonds. The van der Waals surface area contributed by atoms with Gasteiger partial charge in [0.1, 0.15) is 0 Å². The van der Waals surface area contributed by atoms with Crippen LogP contribution in [0.1, 0.15) is 13.8 Å². The zero-order chi connectivity index (χ0) is 6.15. The van der Waals surface area contributed by atoms with Gasteiger partial charge in [0.2, 0.25) is 0 Å². The largest absolute Gasteiger partial charge is 0.0913 e. The number of hydrogen-bond acceptors (Lipinski definition) is 0. The van der Waals surface area contributed by atoms with Gasteiger partial charge in [0.25, 0.3) is 0 Å². The van der Waals surface area contributed by atoms with E-state index in [9.17, 15) is 0 Å². The molecule has 0 spiro atoms. The van der Waals surface area contributed by atoms with Crippen molar-refractivity contribution in [1.29, 1.82) is 0 Å². The summed E-state index contributed by atoms with van der Waals surface area (Å²) in [5.41, 5.74) is 0. The first-order valence-corrected chi connectivity index (χ1v) is 3.96. The number of rotatable bonds is 1. The second-order valence-electron chi connectivity index (χ2n) is 2.41. The molecule has 1 saturated carbocycles. The molecular formula is C7H11Br. The van der Waals surface area contributed by atoms with Crippen molar-refractivity contribution in [3.05, 3.63) is 12.2 Å². The molecule has 1 rings (SSSR count). The molecule has 1 aliphatic carbocycles. The summed E-state index contributed by atoms with van der Waals surface area (Å²) < 4.78 is 0. The van der Waals surface area contributed by atoms with E-state index in [2.05, 4.69) is 41.9 Å². The van der Waals surface area contributed by atoms with E-state index < -0.39 is 0 Å². The lowest BCUT2D eigenvalue weighted by atomic mass is 10.3. The highest BCUT2D eigenvalue weighted by atomic mass is 79.9. The maximum atomic E-state index is 3.56. The minimum Gasteiger partial charge on any atom is -0.0913 e. The molecule has 1 heteroatoms. The van der Waals surface area contributed by atoms with Crippen LogP contribution in [0.2, 0.25) is 0 Å². The molecule has 8 heavy (non-hydrogen) atoms. The van der Waals surface area contributed by atoms with Crippen LogP contribution in [0.15, 0.2) is 12.2 Å². The normalized spacial score (nSPS) is 45.6. The fourth-order valence-corrected chi connectivity index (χ4v) is 1.78. The lowest BCUT2D eigenvalue weighted by molar-refractivity contribution is 0.899. The molecule has 0 aliphatic heterocycles. The van der Waals surface area contributed by atoms with Gasteiger partial charge in [-0.2, -0.15) is 0 Å². The summed E-state index contributed by atoms with van der Waals surface area (Å²) in [6.07, 6.45) is 4.40. The van der Waals surface area contributed by atoms with Crippen molar-refractivity contribution < 1.29 is 0 Å². The van der Waals surface area contributed by atoms with Gasteiger partial charge in [-0.3, -0.25) is 0 Å². The predicted octanol–water partition coefficient (Wildman–Crippen LogP) is 2.59. The third-order valence-corrected chi connectivity index (χ3v) is 3.20. The third kappa shape index (κ3) is 0.970. The molecule has 0 bridgehead atoms. The van der Waals surface area contributed by atoms with E-state index in [1.807, 2.05) is 0 Å². The predicted molar refractivity (Wildman–Crippen MR) is 40.2 cm³/mol. The number of alkyl halides is 1. The maximum absolute atomic E-state index is 3.56. The first-order chi connectivity index (χ1) is 3.77. The van der Waals surface area contributed by atoms with E-state index in [1.54, 1.807) is 0 Å². The summed E-state index contributed by atoms with van der Waals surface area (Å²) in [5.74, 6) is 1.69. The Morgan fingerprint density at radius 1 is 1.50 bits per heavy atom. The fourth-order valence-electron chi connectivity index (χ4n) is 0.947. The molecular weight excluding hydrogens is 164 g/mol. The van der Waals surface area contributed by atoms with Crippen molar-refractivity contribution in [1.82, 2.24) is 0 Å². The summed E-state index contributed by atoms with van der Waals surface area (Å²) >= 11 is 3.56. The first kappa shape index (κ1) is 6.34. The van der Waals surface area contributed by atoms with Crippen LogP contribution in [-0.2, 0) is 0 Å². The maximum Gasteiger partial charge on any atom is 0.0243 e. The Morgan fingerprint density at radius 2 is 2.00 bits per heavy atom. The molecule has 0 aromatic carbocycles. The van der Waals surface area contributed by atoms with Gasteiger partial charge in [-0.25, -0.2) is 0 Å². The van der Waals surface area contributed by atoms with E-state index in [4.69, 9.17) is 0 Å². The molecule has 0 aromatic heterocycles. The molecule has 1 aliphatic rings. The van der Waals surface area contributed by atoms with Crippen molar-refractivity contribution in [2.75, 3.05) is 0 Å². The number of hydrogen-bond donors (Lipinski definition) is 0. The van der Waals surface area contributed by atoms with Gasteiger partial charge in [-0.05, 0) is 18.8 Å². The van der Waals surface area contributed by atoms with E-state index in [-0.39, 0.29) is 0 Å². The van der Waals surface area contributed by atoms with Crippen LogP contribution in [0, 0.1) is 11.8 Å². The van der Waals surface area contributed by atoms with Gasteiger partial charge in [0.05, 0.1) is 0 Å². The summed E-state index contributed by atoms with van der Waals surface area (Å²) in [6, 6.07) is 0. The molecule has 3 unspecified atom stereocenters. The SMILES string of the molecule is C/C=C\C1C(C)C1Br. The van der Waals surface area contributed by atoms with Gasteiger partial charge in [0.15, 0.2) is 0 Å². The Morgan fingerprint density at radius 3 is 2.12 bits per heavy atom. The monoisotopic (exact) mass is 174 g/mol. The summed E-state index contributed by atoms with van der Waals surface area (Å²) in [5, 5.41) is 0. The average molecular weight is 175 g/mol. The average Bonchev–Trinajstić information content (AvgIpc) is 2.25. The van der Waals surface area contributed by atoms with Crippen LogP contribution in [0.4, 0.5) is 0 Å². The highest BCUT2D eigenvalue weighted by molar-refractivity contribution is 9.09. The summed E-state index contributed by atoms with van der Waals surface area (Å²) in [6.45, 7) is 4.34. The smallest absolute Gasteiger partial charge is 0.0243 e. The minimum absolute atomic E-state index is 0.763. The van der Waals surface area contributed by atoms with Gasteiger partial charge < -0.3 is 0 Å². The van der Waals surface area contributed by atoms with E-state index in [0.29, 0.717) is 0 Å². The zero-order valence-electron chi connectivity index (χ0n) is 5.26. The van der Waals surface area contributed by atoms with Crippen molar-refractivity contribution in [3.63, 3.8) is 0 Å². The van der Waals surface area contributed by atoms with E-state index >= 15 is 0 Å². The van der Waals surface area contributed by atoms with Crippen molar-refractivity contribution in [3.8, 4) is 0 Å². The quantitative estimate of drug-likeness (QED) is 0.424. The van der Waals surface area contributed by atoms with Crippen LogP contribution in [0.25, 0.3) is 0 Å². The molecule has 46 valence electrons. The Kier molecular flexibility index (Phi) is 1.76. The highest BCUT2D eigenvalue weighted by Crippen LogP contribution is 2.45. The molecule has 0 saturated heterocycles. The third-order valence-electron chi connectivity index (χ3n) is 1.75. The first-order valence-electron chi connectivity index (χ1n) is 3.04. The summed E-state index contributed by atoms with van der Waals surface area (Å²) in [7, 11) is 0. The van der Waals surface area contributed by atoms with Crippen LogP contribution in [-0.4, -0.2) is 4.83 Å². The van der Waals surface area contributed by atoms with E-state index in [0.717, 1.165) is 16.7 Å². The zero-order valence-corrected chi connectivity index (χ0v) is 6.85. The number of allylic oxidation sites excluding steroid dienone is 2. The van der Waals surface area contributed by atoms with Crippen LogP contribution in [0.5, 0.6) is 0 Å². The Balaban J connectivity index is 2.33. The van der Waals surface area contributed by atoms with Gasteiger partial charge in [-0.1, -0.05) is 35.0 Å². The highest BCUT2D eigenvalue weighted by Gasteiger charge is 2.42. The Hall–Kier alpha value is 0.220. The van der Waals surface area contributed by atoms with Crippen molar-refractivity contribution in [2.45, 2.75) is 18.7 Å². The van der Waals surface area contributed by atoms with Crippen molar-refractivity contribution in [2.24, 2.45) is 11.8 Å². The molecule has 0 radical (unpaired) electrons. The van der Waals surface area contributed by atoms with E-state index in [1.165, 1.54) is 0 Å². The van der Waals surface area contributed by atoms with Crippen LogP contribution < -0.4 is 0 Å². The second-order valence-corrected chi connectivity index (χ2v) is 3.46. The lowest BCUT2D eigenvalue weighted by Gasteiger charge is -1.76. The summed E-state index contributed by atoms with van der Waals surface area (Å²) in [4.78, 5) is 0.763. The van der Waals surface area contributed by atoms with Gasteiger partial charge in [-0.15, -0.1) is 0 Å². The second kappa shape index (κ2) is 2.22. The molecule has 0 nitrogen and oxygen atoms in total.